The van der Waals surface area contributed by atoms with Gasteiger partial charge in [-0.1, -0.05) is 19.1 Å². The molecule has 2 N–H and O–H groups in total. The van der Waals surface area contributed by atoms with Crippen LogP contribution in [0.5, 0.6) is 5.75 Å². The number of carbonyl (C=O) groups excluding carboxylic acids is 3. The average molecular weight is 346 g/mol. The van der Waals surface area contributed by atoms with Gasteiger partial charge in [0.1, 0.15) is 11.3 Å². The van der Waals surface area contributed by atoms with Gasteiger partial charge >= 0.3 is 5.97 Å². The smallest absolute Gasteiger partial charge is 0.327 e. The molecule has 3 rings (SSSR count). The summed E-state index contributed by atoms with van der Waals surface area (Å²) in [5, 5.41) is 12.7. The maximum atomic E-state index is 12.7. The molecule has 7 heteroatoms. The van der Waals surface area contributed by atoms with Crippen molar-refractivity contribution in [3.63, 3.8) is 0 Å². The van der Waals surface area contributed by atoms with Gasteiger partial charge in [-0.2, -0.15) is 0 Å². The maximum Gasteiger partial charge on any atom is 0.327 e. The SMILES string of the molecule is CCOC(=O)[C@@]1(CC)N[C@@H](c2ccc(O)cc2)[C@H]2C(=O)N(C)C(=O)[C@@H]21. The second-order valence-corrected chi connectivity index (χ2v) is 6.50. The Morgan fingerprint density at radius 3 is 2.44 bits per heavy atom. The molecular formula is C18H22N2O5. The summed E-state index contributed by atoms with van der Waals surface area (Å²) in [6.07, 6.45) is 0.328. The van der Waals surface area contributed by atoms with Crippen LogP contribution in [0.25, 0.3) is 0 Å². The van der Waals surface area contributed by atoms with Gasteiger partial charge in [0, 0.05) is 13.1 Å². The highest BCUT2D eigenvalue weighted by molar-refractivity contribution is 6.09. The van der Waals surface area contributed by atoms with Crippen molar-refractivity contribution in [2.24, 2.45) is 11.8 Å². The van der Waals surface area contributed by atoms with E-state index >= 15 is 0 Å². The number of amides is 2. The number of ether oxygens (including phenoxy) is 1. The third kappa shape index (κ3) is 2.41. The molecule has 2 heterocycles. The molecule has 0 saturated carbocycles. The lowest BCUT2D eigenvalue weighted by molar-refractivity contribution is -0.156. The topological polar surface area (TPSA) is 95.9 Å². The fourth-order valence-corrected chi connectivity index (χ4v) is 4.03. The van der Waals surface area contributed by atoms with Crippen LogP contribution in [0.4, 0.5) is 0 Å². The Labute approximate surface area is 146 Å². The van der Waals surface area contributed by atoms with E-state index in [1.807, 2.05) is 0 Å². The first-order valence-electron chi connectivity index (χ1n) is 8.42. The highest BCUT2D eigenvalue weighted by Crippen LogP contribution is 2.50. The minimum absolute atomic E-state index is 0.108. The monoisotopic (exact) mass is 346 g/mol. The van der Waals surface area contributed by atoms with Gasteiger partial charge in [0.2, 0.25) is 11.8 Å². The molecule has 2 aliphatic rings. The number of fused-ring (bicyclic) bond motifs is 1. The van der Waals surface area contributed by atoms with Gasteiger partial charge in [0.05, 0.1) is 18.4 Å². The number of phenols is 1. The predicted molar refractivity (Wildman–Crippen MR) is 88.4 cm³/mol. The Kier molecular flexibility index (Phi) is 4.28. The van der Waals surface area contributed by atoms with Crippen LogP contribution in [-0.2, 0) is 19.1 Å². The molecule has 4 atom stereocenters. The molecular weight excluding hydrogens is 324 g/mol. The lowest BCUT2D eigenvalue weighted by Gasteiger charge is -2.31. The standard InChI is InChI=1S/C18H22N2O5/c1-4-18(17(24)25-5-2)13-12(15(22)20(3)16(13)23)14(19-18)10-6-8-11(21)9-7-10/h6-9,12-14,19,21H,4-5H2,1-3H3/t12-,13+,14-,18-/m0/s1. The number of phenolic OH excluding ortho intramolecular Hbond substituents is 1. The molecule has 0 unspecified atom stereocenters. The third-order valence-corrected chi connectivity index (χ3v) is 5.32. The van der Waals surface area contributed by atoms with Crippen LogP contribution in [0.3, 0.4) is 0 Å². The molecule has 0 bridgehead atoms. The van der Waals surface area contributed by atoms with Gasteiger partial charge < -0.3 is 9.84 Å². The summed E-state index contributed by atoms with van der Waals surface area (Å²) in [6, 6.07) is 5.92. The molecule has 2 saturated heterocycles. The normalized spacial score (nSPS) is 31.3. The fourth-order valence-electron chi connectivity index (χ4n) is 4.03. The zero-order valence-electron chi connectivity index (χ0n) is 14.5. The summed E-state index contributed by atoms with van der Waals surface area (Å²) in [4.78, 5) is 39.3. The van der Waals surface area contributed by atoms with Crippen molar-refractivity contribution in [1.82, 2.24) is 10.2 Å². The highest BCUT2D eigenvalue weighted by Gasteiger charge is 2.67. The zero-order chi connectivity index (χ0) is 18.4. The molecule has 2 amide bonds. The fraction of sp³-hybridized carbons (Fsp3) is 0.500. The van der Waals surface area contributed by atoms with Crippen molar-refractivity contribution in [1.29, 1.82) is 0 Å². The Morgan fingerprint density at radius 2 is 1.88 bits per heavy atom. The number of rotatable bonds is 4. The van der Waals surface area contributed by atoms with E-state index in [1.54, 1.807) is 26.0 Å². The molecule has 2 fully saturated rings. The van der Waals surface area contributed by atoms with Crippen molar-refractivity contribution in [3.05, 3.63) is 29.8 Å². The van der Waals surface area contributed by atoms with Crippen molar-refractivity contribution < 1.29 is 24.2 Å². The van der Waals surface area contributed by atoms with Crippen LogP contribution in [0.2, 0.25) is 0 Å². The Morgan fingerprint density at radius 1 is 1.24 bits per heavy atom. The van der Waals surface area contributed by atoms with Crippen LogP contribution in [0.1, 0.15) is 31.9 Å². The molecule has 0 aliphatic carbocycles. The first-order valence-corrected chi connectivity index (χ1v) is 8.42. The Balaban J connectivity index is 2.10. The largest absolute Gasteiger partial charge is 0.508 e. The molecule has 0 radical (unpaired) electrons. The summed E-state index contributed by atoms with van der Waals surface area (Å²) >= 11 is 0. The molecule has 0 aromatic heterocycles. The van der Waals surface area contributed by atoms with E-state index in [0.29, 0.717) is 6.42 Å². The molecule has 7 nitrogen and oxygen atoms in total. The van der Waals surface area contributed by atoms with Crippen molar-refractivity contribution in [3.8, 4) is 5.75 Å². The van der Waals surface area contributed by atoms with E-state index in [0.717, 1.165) is 10.5 Å². The number of imide groups is 1. The second kappa shape index (κ2) is 6.15. The van der Waals surface area contributed by atoms with Gasteiger partial charge in [0.25, 0.3) is 0 Å². The lowest BCUT2D eigenvalue weighted by Crippen LogP contribution is -2.55. The highest BCUT2D eigenvalue weighted by atomic mass is 16.5. The second-order valence-electron chi connectivity index (χ2n) is 6.50. The van der Waals surface area contributed by atoms with Crippen LogP contribution >= 0.6 is 0 Å². The van der Waals surface area contributed by atoms with Crippen LogP contribution in [0.15, 0.2) is 24.3 Å². The van der Waals surface area contributed by atoms with Gasteiger partial charge in [-0.3, -0.25) is 24.6 Å². The minimum Gasteiger partial charge on any atom is -0.508 e. The first kappa shape index (κ1) is 17.4. The molecule has 25 heavy (non-hydrogen) atoms. The summed E-state index contributed by atoms with van der Waals surface area (Å²) < 4.78 is 5.23. The van der Waals surface area contributed by atoms with Gasteiger partial charge in [-0.25, -0.2) is 0 Å². The molecule has 2 aliphatic heterocycles. The summed E-state index contributed by atoms with van der Waals surface area (Å²) in [5.41, 5.74) is -0.496. The third-order valence-electron chi connectivity index (χ3n) is 5.32. The molecule has 1 aromatic carbocycles. The predicted octanol–water partition coefficient (Wildman–Crippen LogP) is 0.979. The van der Waals surface area contributed by atoms with E-state index in [-0.39, 0.29) is 24.2 Å². The summed E-state index contributed by atoms with van der Waals surface area (Å²) in [6.45, 7) is 3.71. The van der Waals surface area contributed by atoms with E-state index in [1.165, 1.54) is 19.2 Å². The Bertz CT molecular complexity index is 717. The number of esters is 1. The number of nitrogens with one attached hydrogen (secondary N) is 1. The molecule has 0 spiro atoms. The first-order chi connectivity index (χ1) is 11.9. The van der Waals surface area contributed by atoms with E-state index in [9.17, 15) is 19.5 Å². The number of carbonyl (C=O) groups is 3. The van der Waals surface area contributed by atoms with Gasteiger partial charge in [-0.05, 0) is 31.0 Å². The van der Waals surface area contributed by atoms with Crippen molar-refractivity contribution >= 4 is 17.8 Å². The van der Waals surface area contributed by atoms with E-state index in [4.69, 9.17) is 4.74 Å². The van der Waals surface area contributed by atoms with Crippen LogP contribution < -0.4 is 5.32 Å². The van der Waals surface area contributed by atoms with Crippen LogP contribution in [0, 0.1) is 11.8 Å². The summed E-state index contributed by atoms with van der Waals surface area (Å²) in [5.74, 6) is -2.54. The van der Waals surface area contributed by atoms with Gasteiger partial charge in [-0.15, -0.1) is 0 Å². The van der Waals surface area contributed by atoms with E-state index < -0.39 is 29.4 Å². The molecule has 134 valence electrons. The number of likely N-dealkylation sites (tertiary alicyclic amines) is 1. The maximum absolute atomic E-state index is 12.7. The minimum atomic E-state index is -1.24. The number of hydrogen-bond acceptors (Lipinski definition) is 6. The van der Waals surface area contributed by atoms with Gasteiger partial charge in [0.15, 0.2) is 0 Å². The number of nitrogens with zero attached hydrogens (tertiary/aromatic N) is 1. The lowest BCUT2D eigenvalue weighted by atomic mass is 9.78. The Hall–Kier alpha value is -2.41. The van der Waals surface area contributed by atoms with Crippen molar-refractivity contribution in [2.75, 3.05) is 13.7 Å². The average Bonchev–Trinajstić information content (AvgIpc) is 3.06. The number of aromatic hydroxyl groups is 1. The van der Waals surface area contributed by atoms with Crippen molar-refractivity contribution in [2.45, 2.75) is 31.8 Å². The van der Waals surface area contributed by atoms with E-state index in [2.05, 4.69) is 5.32 Å². The number of hydrogen-bond donors (Lipinski definition) is 2. The summed E-state index contributed by atoms with van der Waals surface area (Å²) in [7, 11) is 1.45. The number of benzene rings is 1. The zero-order valence-corrected chi connectivity index (χ0v) is 14.5. The van der Waals surface area contributed by atoms with Crippen LogP contribution in [-0.4, -0.2) is 47.0 Å². The quantitative estimate of drug-likeness (QED) is 0.623. The molecule has 1 aromatic rings.